The number of nitrogens with zero attached hydrogens (tertiary/aromatic N) is 2. The van der Waals surface area contributed by atoms with Gasteiger partial charge in [-0.05, 0) is 42.6 Å². The molecule has 1 aromatic carbocycles. The van der Waals surface area contributed by atoms with Crippen molar-refractivity contribution in [2.75, 3.05) is 0 Å². The molecule has 0 aliphatic carbocycles. The Morgan fingerprint density at radius 3 is 2.76 bits per heavy atom. The molecule has 0 N–H and O–H groups in total. The maximum atomic E-state index is 5.77. The second-order valence-electron chi connectivity index (χ2n) is 3.72. The van der Waals surface area contributed by atoms with Gasteiger partial charge in [-0.3, -0.25) is 0 Å². The molecular weight excluding hydrogens is 236 g/mol. The summed E-state index contributed by atoms with van der Waals surface area (Å²) in [7, 11) is 0. The van der Waals surface area contributed by atoms with Crippen LogP contribution in [-0.4, -0.2) is 9.97 Å². The molecule has 0 spiro atoms. The van der Waals surface area contributed by atoms with Gasteiger partial charge in [-0.15, -0.1) is 0 Å². The molecule has 0 aliphatic heterocycles. The normalized spacial score (nSPS) is 10.3. The Hall–Kier alpha value is -1.61. The monoisotopic (exact) mass is 248 g/mol. The fourth-order valence-corrected chi connectivity index (χ4v) is 1.72. The Balaban J connectivity index is 2.24. The topological polar surface area (TPSA) is 35.0 Å². The number of hydrogen-bond acceptors (Lipinski definition) is 3. The Morgan fingerprint density at radius 2 is 2.06 bits per heavy atom. The molecule has 0 amide bonds. The summed E-state index contributed by atoms with van der Waals surface area (Å²) in [5, 5.41) is 0.201. The van der Waals surface area contributed by atoms with Gasteiger partial charge >= 0.3 is 0 Å². The van der Waals surface area contributed by atoms with Gasteiger partial charge in [-0.2, -0.15) is 4.98 Å². The first-order valence-corrected chi connectivity index (χ1v) is 5.83. The molecule has 2 aromatic rings. The van der Waals surface area contributed by atoms with Gasteiger partial charge in [0.1, 0.15) is 5.75 Å². The molecule has 1 heterocycles. The van der Waals surface area contributed by atoms with Crippen LogP contribution in [0.5, 0.6) is 11.6 Å². The lowest BCUT2D eigenvalue weighted by atomic mass is 10.2. The molecule has 2 rings (SSSR count). The van der Waals surface area contributed by atoms with Gasteiger partial charge in [-0.1, -0.05) is 19.1 Å². The fourth-order valence-electron chi connectivity index (χ4n) is 1.51. The van der Waals surface area contributed by atoms with Crippen LogP contribution >= 0.6 is 11.6 Å². The third kappa shape index (κ3) is 3.17. The summed E-state index contributed by atoms with van der Waals surface area (Å²) in [6.45, 7) is 3.95. The SMILES string of the molecule is CCc1cccc(Oc2cc(C)nc(Cl)n2)c1. The largest absolute Gasteiger partial charge is 0.439 e. The standard InChI is InChI=1S/C13H13ClN2O/c1-3-10-5-4-6-11(8-10)17-12-7-9(2)15-13(14)16-12/h4-8H,3H2,1-2H3. The van der Waals surface area contributed by atoms with Crippen LogP contribution in [-0.2, 0) is 6.42 Å². The highest BCUT2D eigenvalue weighted by Crippen LogP contribution is 2.22. The zero-order valence-corrected chi connectivity index (χ0v) is 10.5. The molecule has 0 bridgehead atoms. The summed E-state index contributed by atoms with van der Waals surface area (Å²) < 4.78 is 5.65. The van der Waals surface area contributed by atoms with E-state index in [1.54, 1.807) is 6.07 Å². The lowest BCUT2D eigenvalue weighted by Crippen LogP contribution is -1.93. The quantitative estimate of drug-likeness (QED) is 0.775. The molecule has 0 saturated carbocycles. The number of aromatic nitrogens is 2. The van der Waals surface area contributed by atoms with E-state index in [0.717, 1.165) is 17.9 Å². The molecule has 88 valence electrons. The predicted octanol–water partition coefficient (Wildman–Crippen LogP) is 3.79. The van der Waals surface area contributed by atoms with Crippen LogP contribution < -0.4 is 4.74 Å². The minimum Gasteiger partial charge on any atom is -0.439 e. The van der Waals surface area contributed by atoms with Gasteiger partial charge in [-0.25, -0.2) is 4.98 Å². The van der Waals surface area contributed by atoms with Gasteiger partial charge in [0.05, 0.1) is 0 Å². The van der Waals surface area contributed by atoms with Crippen molar-refractivity contribution in [1.82, 2.24) is 9.97 Å². The first kappa shape index (κ1) is 11.9. The molecule has 0 fully saturated rings. The number of rotatable bonds is 3. The summed E-state index contributed by atoms with van der Waals surface area (Å²) in [5.74, 6) is 1.23. The minimum absolute atomic E-state index is 0.201. The summed E-state index contributed by atoms with van der Waals surface area (Å²) in [4.78, 5) is 8.00. The smallest absolute Gasteiger partial charge is 0.225 e. The van der Waals surface area contributed by atoms with Crippen molar-refractivity contribution in [1.29, 1.82) is 0 Å². The highest BCUT2D eigenvalue weighted by Gasteiger charge is 2.03. The van der Waals surface area contributed by atoms with E-state index in [4.69, 9.17) is 16.3 Å². The third-order valence-corrected chi connectivity index (χ3v) is 2.50. The third-order valence-electron chi connectivity index (χ3n) is 2.33. The molecule has 0 atom stereocenters. The van der Waals surface area contributed by atoms with Crippen LogP contribution in [0.2, 0.25) is 5.28 Å². The maximum absolute atomic E-state index is 5.77. The molecule has 3 nitrogen and oxygen atoms in total. The Bertz CT molecular complexity index is 508. The van der Waals surface area contributed by atoms with Crippen LogP contribution in [0, 0.1) is 6.92 Å². The van der Waals surface area contributed by atoms with E-state index >= 15 is 0 Å². The number of hydrogen-bond donors (Lipinski definition) is 0. The molecule has 4 heteroatoms. The van der Waals surface area contributed by atoms with E-state index < -0.39 is 0 Å². The molecule has 0 aliphatic rings. The van der Waals surface area contributed by atoms with Crippen molar-refractivity contribution >= 4 is 11.6 Å². The van der Waals surface area contributed by atoms with Gasteiger partial charge < -0.3 is 4.74 Å². The van der Waals surface area contributed by atoms with Crippen molar-refractivity contribution in [3.63, 3.8) is 0 Å². The van der Waals surface area contributed by atoms with Gasteiger partial charge in [0.25, 0.3) is 0 Å². The van der Waals surface area contributed by atoms with Crippen molar-refractivity contribution in [2.45, 2.75) is 20.3 Å². The highest BCUT2D eigenvalue weighted by molar-refractivity contribution is 6.28. The van der Waals surface area contributed by atoms with E-state index in [1.165, 1.54) is 5.56 Å². The van der Waals surface area contributed by atoms with Gasteiger partial charge in [0.2, 0.25) is 11.2 Å². The molecule has 0 radical (unpaired) electrons. The Morgan fingerprint density at radius 1 is 1.24 bits per heavy atom. The summed E-state index contributed by atoms with van der Waals surface area (Å²) in [6.07, 6.45) is 0.973. The van der Waals surface area contributed by atoms with Gasteiger partial charge in [0, 0.05) is 11.8 Å². The van der Waals surface area contributed by atoms with Gasteiger partial charge in [0.15, 0.2) is 0 Å². The van der Waals surface area contributed by atoms with Crippen LogP contribution in [0.1, 0.15) is 18.2 Å². The molecule has 0 saturated heterocycles. The highest BCUT2D eigenvalue weighted by atomic mass is 35.5. The van der Waals surface area contributed by atoms with Crippen LogP contribution in [0.25, 0.3) is 0 Å². The average molecular weight is 249 g/mol. The lowest BCUT2D eigenvalue weighted by molar-refractivity contribution is 0.460. The minimum atomic E-state index is 0.201. The average Bonchev–Trinajstić information content (AvgIpc) is 2.28. The lowest BCUT2D eigenvalue weighted by Gasteiger charge is -2.06. The Kier molecular flexibility index (Phi) is 3.59. The zero-order valence-electron chi connectivity index (χ0n) is 9.77. The number of aryl methyl sites for hydroxylation is 2. The van der Waals surface area contributed by atoms with Crippen molar-refractivity contribution in [2.24, 2.45) is 0 Å². The van der Waals surface area contributed by atoms with E-state index in [9.17, 15) is 0 Å². The summed E-state index contributed by atoms with van der Waals surface area (Å²) >= 11 is 5.77. The molecule has 0 unspecified atom stereocenters. The summed E-state index contributed by atoms with van der Waals surface area (Å²) in [5.41, 5.74) is 2.01. The second-order valence-corrected chi connectivity index (χ2v) is 4.06. The number of halogens is 1. The van der Waals surface area contributed by atoms with E-state index in [2.05, 4.69) is 23.0 Å². The zero-order chi connectivity index (χ0) is 12.3. The second kappa shape index (κ2) is 5.15. The molecule has 1 aromatic heterocycles. The van der Waals surface area contributed by atoms with Crippen LogP contribution in [0.3, 0.4) is 0 Å². The maximum Gasteiger partial charge on any atom is 0.225 e. The number of ether oxygens (including phenoxy) is 1. The van der Waals surface area contributed by atoms with Crippen molar-refractivity contribution in [3.8, 4) is 11.6 Å². The molecular formula is C13H13ClN2O. The summed E-state index contributed by atoms with van der Waals surface area (Å²) in [6, 6.07) is 9.66. The molecule has 17 heavy (non-hydrogen) atoms. The first-order chi connectivity index (χ1) is 8.17. The number of benzene rings is 1. The predicted molar refractivity (Wildman–Crippen MR) is 67.7 cm³/mol. The van der Waals surface area contributed by atoms with E-state index in [0.29, 0.717) is 5.88 Å². The first-order valence-electron chi connectivity index (χ1n) is 5.45. The van der Waals surface area contributed by atoms with Crippen LogP contribution in [0.4, 0.5) is 0 Å². The van der Waals surface area contributed by atoms with Crippen LogP contribution in [0.15, 0.2) is 30.3 Å². The fraction of sp³-hybridized carbons (Fsp3) is 0.231. The van der Waals surface area contributed by atoms with E-state index in [-0.39, 0.29) is 5.28 Å². The van der Waals surface area contributed by atoms with Crippen molar-refractivity contribution in [3.05, 3.63) is 46.9 Å². The Labute approximate surface area is 105 Å². The van der Waals surface area contributed by atoms with Crippen molar-refractivity contribution < 1.29 is 4.74 Å². The van der Waals surface area contributed by atoms with E-state index in [1.807, 2.05) is 25.1 Å².